The Morgan fingerprint density at radius 1 is 1.47 bits per heavy atom. The van der Waals surface area contributed by atoms with Crippen LogP contribution in [0, 0.1) is 0 Å². The molecule has 1 aromatic heterocycles. The third kappa shape index (κ3) is 2.03. The van der Waals surface area contributed by atoms with Gasteiger partial charge in [-0.2, -0.15) is 0 Å². The molecule has 2 rings (SSSR count). The van der Waals surface area contributed by atoms with E-state index in [2.05, 4.69) is 10.2 Å². The second-order valence-corrected chi connectivity index (χ2v) is 3.90. The first-order valence-corrected chi connectivity index (χ1v) is 5.38. The summed E-state index contributed by atoms with van der Waals surface area (Å²) in [6.45, 7) is 1.30. The second-order valence-electron chi connectivity index (χ2n) is 3.90. The van der Waals surface area contributed by atoms with Crippen LogP contribution in [0.3, 0.4) is 0 Å². The van der Waals surface area contributed by atoms with E-state index in [1.165, 1.54) is 19.3 Å². The molecule has 0 saturated heterocycles. The second kappa shape index (κ2) is 4.72. The molecule has 0 aliphatic heterocycles. The molecule has 0 atom stereocenters. The summed E-state index contributed by atoms with van der Waals surface area (Å²) in [5, 5.41) is 17.3. The molecule has 1 aliphatic carbocycles. The highest BCUT2D eigenvalue weighted by Crippen LogP contribution is 2.35. The van der Waals surface area contributed by atoms with Gasteiger partial charge >= 0.3 is 0 Å². The maximum atomic E-state index is 9.14. The first-order chi connectivity index (χ1) is 7.36. The molecule has 1 saturated carbocycles. The molecule has 0 amide bonds. The fourth-order valence-electron chi connectivity index (χ4n) is 1.86. The summed E-state index contributed by atoms with van der Waals surface area (Å²) in [6, 6.07) is 0. The average Bonchev–Trinajstić information content (AvgIpc) is 2.55. The molecular weight excluding hydrogens is 194 g/mol. The number of aliphatic hydroxyl groups is 1. The van der Waals surface area contributed by atoms with E-state index in [1.54, 1.807) is 7.11 Å². The Morgan fingerprint density at radius 3 is 2.80 bits per heavy atom. The summed E-state index contributed by atoms with van der Waals surface area (Å²) in [6.07, 6.45) is 3.66. The van der Waals surface area contributed by atoms with Crippen LogP contribution >= 0.6 is 0 Å². The molecule has 15 heavy (non-hydrogen) atoms. The summed E-state index contributed by atoms with van der Waals surface area (Å²) < 4.78 is 7.04. The van der Waals surface area contributed by atoms with E-state index in [0.29, 0.717) is 18.3 Å². The van der Waals surface area contributed by atoms with Crippen molar-refractivity contribution in [1.82, 2.24) is 14.8 Å². The van der Waals surface area contributed by atoms with Crippen molar-refractivity contribution in [3.63, 3.8) is 0 Å². The Bertz CT molecular complexity index is 320. The molecule has 0 bridgehead atoms. The Kier molecular flexibility index (Phi) is 3.33. The third-order valence-corrected chi connectivity index (χ3v) is 2.99. The predicted octanol–water partition coefficient (Wildman–Crippen LogP) is 0.684. The molecule has 0 aromatic carbocycles. The number of methoxy groups -OCH3 is 1. The van der Waals surface area contributed by atoms with Crippen molar-refractivity contribution in [2.24, 2.45) is 0 Å². The zero-order valence-corrected chi connectivity index (χ0v) is 9.02. The molecule has 5 nitrogen and oxygen atoms in total. The molecule has 0 unspecified atom stereocenters. The van der Waals surface area contributed by atoms with Crippen LogP contribution in [-0.4, -0.2) is 33.6 Å². The van der Waals surface area contributed by atoms with Crippen molar-refractivity contribution < 1.29 is 9.84 Å². The highest BCUT2D eigenvalue weighted by molar-refractivity contribution is 5.05. The van der Waals surface area contributed by atoms with Crippen LogP contribution in [0.15, 0.2) is 0 Å². The number of nitrogens with zero attached hydrogens (tertiary/aromatic N) is 3. The van der Waals surface area contributed by atoms with Gasteiger partial charge in [-0.1, -0.05) is 6.42 Å². The smallest absolute Gasteiger partial charge is 0.158 e. The van der Waals surface area contributed by atoms with Crippen LogP contribution in [-0.2, 0) is 17.9 Å². The molecule has 84 valence electrons. The molecular formula is C10H17N3O2. The molecule has 1 N–H and O–H groups in total. The first-order valence-electron chi connectivity index (χ1n) is 5.38. The van der Waals surface area contributed by atoms with E-state index >= 15 is 0 Å². The fourth-order valence-corrected chi connectivity index (χ4v) is 1.86. The van der Waals surface area contributed by atoms with Gasteiger partial charge in [0, 0.05) is 19.6 Å². The van der Waals surface area contributed by atoms with E-state index in [1.807, 2.05) is 4.57 Å². The minimum atomic E-state index is -0.0521. The van der Waals surface area contributed by atoms with E-state index in [9.17, 15) is 0 Å². The maximum Gasteiger partial charge on any atom is 0.158 e. The number of hydrogen-bond acceptors (Lipinski definition) is 4. The molecule has 1 heterocycles. The third-order valence-electron chi connectivity index (χ3n) is 2.99. The number of aliphatic hydroxyl groups excluding tert-OH is 1. The molecule has 0 spiro atoms. The summed E-state index contributed by atoms with van der Waals surface area (Å²) >= 11 is 0. The van der Waals surface area contributed by atoms with Gasteiger partial charge in [-0.25, -0.2) is 0 Å². The van der Waals surface area contributed by atoms with E-state index in [-0.39, 0.29) is 6.61 Å². The van der Waals surface area contributed by atoms with Crippen molar-refractivity contribution in [3.8, 4) is 0 Å². The first kappa shape index (κ1) is 10.6. The van der Waals surface area contributed by atoms with Gasteiger partial charge in [-0.3, -0.25) is 0 Å². The van der Waals surface area contributed by atoms with Gasteiger partial charge in [0.25, 0.3) is 0 Å². The van der Waals surface area contributed by atoms with Gasteiger partial charge in [0.1, 0.15) is 12.4 Å². The zero-order chi connectivity index (χ0) is 10.7. The van der Waals surface area contributed by atoms with Crippen molar-refractivity contribution >= 4 is 0 Å². The highest BCUT2D eigenvalue weighted by atomic mass is 16.5. The van der Waals surface area contributed by atoms with E-state index in [0.717, 1.165) is 12.4 Å². The van der Waals surface area contributed by atoms with Gasteiger partial charge in [-0.05, 0) is 12.8 Å². The normalized spacial score (nSPS) is 16.7. The SMILES string of the molecule is COCCn1c(CO)nnc1C1CCC1. The maximum absolute atomic E-state index is 9.14. The van der Waals surface area contributed by atoms with Crippen LogP contribution in [0.5, 0.6) is 0 Å². The number of aromatic nitrogens is 3. The van der Waals surface area contributed by atoms with Crippen molar-refractivity contribution in [2.75, 3.05) is 13.7 Å². The van der Waals surface area contributed by atoms with Gasteiger partial charge in [0.05, 0.1) is 6.61 Å². The largest absolute Gasteiger partial charge is 0.388 e. The van der Waals surface area contributed by atoms with Gasteiger partial charge in [0.15, 0.2) is 5.82 Å². The fraction of sp³-hybridized carbons (Fsp3) is 0.800. The number of rotatable bonds is 5. The molecule has 1 fully saturated rings. The standard InChI is InChI=1S/C10H17N3O2/c1-15-6-5-13-9(7-14)11-12-10(13)8-3-2-4-8/h8,14H,2-7H2,1H3. The number of ether oxygens (including phenoxy) is 1. The Labute approximate surface area is 89.1 Å². The lowest BCUT2D eigenvalue weighted by Crippen LogP contribution is -2.18. The Morgan fingerprint density at radius 2 is 2.27 bits per heavy atom. The van der Waals surface area contributed by atoms with Crippen molar-refractivity contribution in [2.45, 2.75) is 38.3 Å². The summed E-state index contributed by atoms with van der Waals surface area (Å²) in [5.41, 5.74) is 0. The lowest BCUT2D eigenvalue weighted by molar-refractivity contribution is 0.180. The predicted molar refractivity (Wildman–Crippen MR) is 54.4 cm³/mol. The quantitative estimate of drug-likeness (QED) is 0.778. The Hall–Kier alpha value is -0.940. The lowest BCUT2D eigenvalue weighted by Gasteiger charge is -2.25. The topological polar surface area (TPSA) is 60.2 Å². The average molecular weight is 211 g/mol. The zero-order valence-electron chi connectivity index (χ0n) is 9.02. The van der Waals surface area contributed by atoms with Gasteiger partial charge in [0.2, 0.25) is 0 Å². The molecule has 1 aromatic rings. The van der Waals surface area contributed by atoms with Crippen LogP contribution in [0.1, 0.15) is 36.8 Å². The number of hydrogen-bond donors (Lipinski definition) is 1. The van der Waals surface area contributed by atoms with E-state index in [4.69, 9.17) is 9.84 Å². The van der Waals surface area contributed by atoms with Crippen LogP contribution < -0.4 is 0 Å². The molecule has 0 radical (unpaired) electrons. The van der Waals surface area contributed by atoms with Crippen LogP contribution in [0.25, 0.3) is 0 Å². The highest BCUT2D eigenvalue weighted by Gasteiger charge is 2.26. The van der Waals surface area contributed by atoms with Crippen LogP contribution in [0.4, 0.5) is 0 Å². The van der Waals surface area contributed by atoms with Gasteiger partial charge in [-0.15, -0.1) is 10.2 Å². The monoisotopic (exact) mass is 211 g/mol. The molecule has 5 heteroatoms. The van der Waals surface area contributed by atoms with Crippen LogP contribution in [0.2, 0.25) is 0 Å². The van der Waals surface area contributed by atoms with Gasteiger partial charge < -0.3 is 14.4 Å². The van der Waals surface area contributed by atoms with Crippen molar-refractivity contribution in [1.29, 1.82) is 0 Å². The summed E-state index contributed by atoms with van der Waals surface area (Å²) in [4.78, 5) is 0. The lowest BCUT2D eigenvalue weighted by atomic mass is 9.85. The summed E-state index contributed by atoms with van der Waals surface area (Å²) in [7, 11) is 1.67. The van der Waals surface area contributed by atoms with E-state index < -0.39 is 0 Å². The van der Waals surface area contributed by atoms with Crippen molar-refractivity contribution in [3.05, 3.63) is 11.6 Å². The minimum Gasteiger partial charge on any atom is -0.388 e. The Balaban J connectivity index is 2.16. The summed E-state index contributed by atoms with van der Waals surface area (Å²) in [5.74, 6) is 2.20. The minimum absolute atomic E-state index is 0.0521. The molecule has 1 aliphatic rings.